The summed E-state index contributed by atoms with van der Waals surface area (Å²) in [4.78, 5) is 0. The summed E-state index contributed by atoms with van der Waals surface area (Å²) in [6.07, 6.45) is -2.54. The third-order valence-corrected chi connectivity index (χ3v) is 4.86. The summed E-state index contributed by atoms with van der Waals surface area (Å²) in [6.45, 7) is 0.127. The number of nitrogens with one attached hydrogen (secondary N) is 2. The lowest BCUT2D eigenvalue weighted by Crippen LogP contribution is -2.11. The van der Waals surface area contributed by atoms with Gasteiger partial charge in [-0.15, -0.1) is 0 Å². The van der Waals surface area contributed by atoms with Crippen LogP contribution in [0.3, 0.4) is 0 Å². The van der Waals surface area contributed by atoms with E-state index in [1.54, 1.807) is 6.07 Å². The van der Waals surface area contributed by atoms with Crippen molar-refractivity contribution in [3.05, 3.63) is 89.0 Å². The average Bonchev–Trinajstić information content (AvgIpc) is 2.85. The molecule has 0 amide bonds. The van der Waals surface area contributed by atoms with Crippen LogP contribution in [0.5, 0.6) is 0 Å². The number of anilines is 3. The summed E-state index contributed by atoms with van der Waals surface area (Å²) < 4.78 is 39.4. The van der Waals surface area contributed by atoms with E-state index in [1.807, 2.05) is 30.3 Å². The Morgan fingerprint density at radius 2 is 1.52 bits per heavy atom. The lowest BCUT2D eigenvalue weighted by atomic mass is 10.0. The van der Waals surface area contributed by atoms with E-state index in [1.165, 1.54) is 17.7 Å². The molecule has 138 valence electrons. The number of hydrogen-bond donors (Lipinski definition) is 2. The number of rotatable bonds is 3. The van der Waals surface area contributed by atoms with Gasteiger partial charge < -0.3 is 10.6 Å². The van der Waals surface area contributed by atoms with E-state index in [9.17, 15) is 13.2 Å². The zero-order chi connectivity index (χ0) is 18.9. The maximum atomic E-state index is 13.1. The summed E-state index contributed by atoms with van der Waals surface area (Å²) in [6, 6.07) is 19.8. The molecule has 0 unspecified atom stereocenters. The van der Waals surface area contributed by atoms with Crippen LogP contribution in [0.1, 0.15) is 22.3 Å². The Balaban J connectivity index is 1.53. The molecule has 3 aromatic rings. The molecule has 1 aliphatic heterocycles. The molecule has 3 aromatic carbocycles. The molecule has 0 fully saturated rings. The van der Waals surface area contributed by atoms with Gasteiger partial charge in [-0.1, -0.05) is 36.4 Å². The average molecular weight is 368 g/mol. The van der Waals surface area contributed by atoms with Gasteiger partial charge in [-0.25, -0.2) is 0 Å². The Kier molecular flexibility index (Phi) is 4.52. The lowest BCUT2D eigenvalue weighted by molar-refractivity contribution is -0.138. The van der Waals surface area contributed by atoms with Gasteiger partial charge in [0.25, 0.3) is 0 Å². The first-order chi connectivity index (χ1) is 13.0. The van der Waals surface area contributed by atoms with Crippen molar-refractivity contribution in [2.75, 3.05) is 10.6 Å². The molecule has 0 saturated carbocycles. The Morgan fingerprint density at radius 3 is 2.37 bits per heavy atom. The molecule has 0 bridgehead atoms. The number of para-hydroxylation sites is 1. The molecule has 4 rings (SSSR count). The van der Waals surface area contributed by atoms with Crippen molar-refractivity contribution in [3.8, 4) is 0 Å². The molecule has 2 N–H and O–H groups in total. The van der Waals surface area contributed by atoms with Gasteiger partial charge in [-0.2, -0.15) is 13.2 Å². The van der Waals surface area contributed by atoms with Crippen LogP contribution in [0.4, 0.5) is 30.2 Å². The van der Waals surface area contributed by atoms with Gasteiger partial charge in [0.1, 0.15) is 0 Å². The topological polar surface area (TPSA) is 24.1 Å². The van der Waals surface area contributed by atoms with Gasteiger partial charge >= 0.3 is 6.18 Å². The van der Waals surface area contributed by atoms with Crippen molar-refractivity contribution in [1.29, 1.82) is 0 Å². The fraction of sp³-hybridized carbons (Fsp3) is 0.182. The minimum absolute atomic E-state index is 0.127. The van der Waals surface area contributed by atoms with Crippen molar-refractivity contribution in [3.63, 3.8) is 0 Å². The van der Waals surface area contributed by atoms with E-state index < -0.39 is 11.7 Å². The molecule has 27 heavy (non-hydrogen) atoms. The highest BCUT2D eigenvalue weighted by molar-refractivity contribution is 5.70. The molecule has 1 heterocycles. The smallest absolute Gasteiger partial charge is 0.381 e. The Labute approximate surface area is 156 Å². The van der Waals surface area contributed by atoms with Gasteiger partial charge in [0, 0.05) is 23.6 Å². The monoisotopic (exact) mass is 368 g/mol. The molecule has 0 spiro atoms. The second kappa shape index (κ2) is 6.99. The largest absolute Gasteiger partial charge is 0.416 e. The first-order valence-corrected chi connectivity index (χ1v) is 8.87. The van der Waals surface area contributed by atoms with Crippen LogP contribution >= 0.6 is 0 Å². The Morgan fingerprint density at radius 1 is 0.815 bits per heavy atom. The van der Waals surface area contributed by atoms with Gasteiger partial charge in [-0.05, 0) is 59.9 Å². The lowest BCUT2D eigenvalue weighted by Gasteiger charge is -2.15. The van der Waals surface area contributed by atoms with Gasteiger partial charge in [0.15, 0.2) is 0 Å². The van der Waals surface area contributed by atoms with E-state index >= 15 is 0 Å². The highest BCUT2D eigenvalue weighted by Crippen LogP contribution is 2.33. The second-order valence-corrected chi connectivity index (χ2v) is 6.66. The molecule has 0 radical (unpaired) electrons. The predicted octanol–water partition coefficient (Wildman–Crippen LogP) is 6.16. The van der Waals surface area contributed by atoms with Crippen molar-refractivity contribution < 1.29 is 13.2 Å². The molecular weight excluding hydrogens is 349 g/mol. The van der Waals surface area contributed by atoms with E-state index in [2.05, 4.69) is 22.8 Å². The normalized spacial score (nSPS) is 13.1. The van der Waals surface area contributed by atoms with Gasteiger partial charge in [0.05, 0.1) is 5.56 Å². The van der Waals surface area contributed by atoms with Crippen molar-refractivity contribution in [2.45, 2.75) is 25.6 Å². The van der Waals surface area contributed by atoms with Crippen molar-refractivity contribution in [1.82, 2.24) is 0 Å². The third kappa shape index (κ3) is 3.77. The van der Waals surface area contributed by atoms with Crippen molar-refractivity contribution >= 4 is 17.1 Å². The van der Waals surface area contributed by atoms with Crippen LogP contribution in [0.2, 0.25) is 0 Å². The van der Waals surface area contributed by atoms with E-state index in [4.69, 9.17) is 0 Å². The van der Waals surface area contributed by atoms with Crippen LogP contribution in [0, 0.1) is 0 Å². The fourth-order valence-electron chi connectivity index (χ4n) is 3.46. The van der Waals surface area contributed by atoms with Gasteiger partial charge in [0.2, 0.25) is 0 Å². The molecule has 5 heteroatoms. The zero-order valence-electron chi connectivity index (χ0n) is 14.6. The molecule has 0 atom stereocenters. The maximum Gasteiger partial charge on any atom is 0.416 e. The summed E-state index contributed by atoms with van der Waals surface area (Å²) in [7, 11) is 0. The van der Waals surface area contributed by atoms with Crippen molar-refractivity contribution in [2.24, 2.45) is 0 Å². The molecule has 0 aromatic heterocycles. The minimum Gasteiger partial charge on any atom is -0.381 e. The number of hydrogen-bond acceptors (Lipinski definition) is 2. The van der Waals surface area contributed by atoms with Crippen LogP contribution < -0.4 is 10.6 Å². The van der Waals surface area contributed by atoms with E-state index in [0.717, 1.165) is 41.5 Å². The number of fused-ring (bicyclic) bond motifs is 2. The SMILES string of the molecule is FC(F)(F)c1ccccc1CNc1ccc2c(c1)CCc1ccccc1N2. The highest BCUT2D eigenvalue weighted by Gasteiger charge is 2.32. The van der Waals surface area contributed by atoms with Gasteiger partial charge in [-0.3, -0.25) is 0 Å². The molecule has 1 aliphatic rings. The Bertz CT molecular complexity index is 964. The maximum absolute atomic E-state index is 13.1. The van der Waals surface area contributed by atoms with Crippen LogP contribution in [0.25, 0.3) is 0 Å². The predicted molar refractivity (Wildman–Crippen MR) is 102 cm³/mol. The zero-order valence-corrected chi connectivity index (χ0v) is 14.6. The first-order valence-electron chi connectivity index (χ1n) is 8.87. The highest BCUT2D eigenvalue weighted by atomic mass is 19.4. The molecule has 0 aliphatic carbocycles. The third-order valence-electron chi connectivity index (χ3n) is 4.86. The number of benzene rings is 3. The minimum atomic E-state index is -4.35. The fourth-order valence-corrected chi connectivity index (χ4v) is 3.46. The summed E-state index contributed by atoms with van der Waals surface area (Å²) in [5, 5.41) is 6.59. The quantitative estimate of drug-likeness (QED) is 0.578. The summed E-state index contributed by atoms with van der Waals surface area (Å²) in [5.41, 5.74) is 5.04. The number of halogens is 3. The summed E-state index contributed by atoms with van der Waals surface area (Å²) in [5.74, 6) is 0. The van der Waals surface area contributed by atoms with Crippen LogP contribution in [-0.4, -0.2) is 0 Å². The standard InChI is InChI=1S/C22H19F3N2/c23-22(24,25)19-7-3-1-6-17(19)14-26-18-11-12-21-16(13-18)10-9-15-5-2-4-8-20(15)27-21/h1-8,11-13,26-27H,9-10,14H2. The number of alkyl halides is 3. The molecule has 0 saturated heterocycles. The molecular formula is C22H19F3N2. The Hall–Kier alpha value is -2.95. The summed E-state index contributed by atoms with van der Waals surface area (Å²) >= 11 is 0. The van der Waals surface area contributed by atoms with E-state index in [-0.39, 0.29) is 12.1 Å². The first kappa shape index (κ1) is 17.5. The number of aryl methyl sites for hydroxylation is 2. The van der Waals surface area contributed by atoms with Crippen LogP contribution in [-0.2, 0) is 25.6 Å². The second-order valence-electron chi connectivity index (χ2n) is 6.66. The molecule has 2 nitrogen and oxygen atoms in total. The van der Waals surface area contributed by atoms with E-state index in [0.29, 0.717) is 0 Å². The van der Waals surface area contributed by atoms with Crippen LogP contribution in [0.15, 0.2) is 66.7 Å².